The maximum absolute atomic E-state index is 12.7. The Morgan fingerprint density at radius 3 is 1.41 bits per heavy atom. The topological polar surface area (TPSA) is 99.1 Å². The second-order valence-electron chi connectivity index (χ2n) is 16.7. The molecule has 0 heterocycles. The van der Waals surface area contributed by atoms with Crippen LogP contribution in [0.1, 0.15) is 181 Å². The first kappa shape index (κ1) is 55.8. The molecule has 0 saturated carbocycles. The lowest BCUT2D eigenvalue weighted by Gasteiger charge is -2.31. The number of hydrogen-bond acceptors (Lipinski definition) is 6. The average molecular weight is 827 g/mol. The maximum atomic E-state index is 12.7. The van der Waals surface area contributed by atoms with Gasteiger partial charge < -0.3 is 23.8 Å². The number of esters is 2. The number of nitrogens with zero attached hydrogens (tertiary/aromatic N) is 1. The molecule has 0 rings (SSSR count). The van der Waals surface area contributed by atoms with E-state index in [2.05, 4.69) is 86.8 Å². The predicted molar refractivity (Wildman–Crippen MR) is 247 cm³/mol. The van der Waals surface area contributed by atoms with E-state index in [-0.39, 0.29) is 36.2 Å². The van der Waals surface area contributed by atoms with Crippen molar-refractivity contribution in [2.24, 2.45) is 0 Å². The molecule has 0 aliphatic heterocycles. The number of likely N-dealkylation sites (N-methyl/N-ethyl adjacent to an activating group) is 1. The summed E-state index contributed by atoms with van der Waals surface area (Å²) in [4.78, 5) is 37.0. The lowest BCUT2D eigenvalue weighted by Crippen LogP contribution is -2.50. The molecular formula is C51H88NO7+. The van der Waals surface area contributed by atoms with Crippen LogP contribution in [0.3, 0.4) is 0 Å². The van der Waals surface area contributed by atoms with Gasteiger partial charge in [-0.1, -0.05) is 145 Å². The largest absolute Gasteiger partial charge is 0.477 e. The Morgan fingerprint density at radius 1 is 0.508 bits per heavy atom. The minimum absolute atomic E-state index is 0.0380. The Labute approximate surface area is 361 Å². The van der Waals surface area contributed by atoms with Crippen molar-refractivity contribution in [2.45, 2.75) is 193 Å². The highest BCUT2D eigenvalue weighted by molar-refractivity contribution is 5.72. The van der Waals surface area contributed by atoms with E-state index in [0.29, 0.717) is 25.7 Å². The van der Waals surface area contributed by atoms with Crippen molar-refractivity contribution in [3.63, 3.8) is 0 Å². The summed E-state index contributed by atoms with van der Waals surface area (Å²) < 4.78 is 17.2. The van der Waals surface area contributed by atoms with Crippen molar-refractivity contribution < 1.29 is 38.2 Å². The van der Waals surface area contributed by atoms with Gasteiger partial charge in [-0.15, -0.1) is 0 Å². The van der Waals surface area contributed by atoms with Gasteiger partial charge in [0.25, 0.3) is 0 Å². The van der Waals surface area contributed by atoms with Crippen LogP contribution in [0, 0.1) is 0 Å². The van der Waals surface area contributed by atoms with Gasteiger partial charge in [-0.3, -0.25) is 9.59 Å². The third kappa shape index (κ3) is 40.0. The number of rotatable bonds is 41. The zero-order valence-corrected chi connectivity index (χ0v) is 38.4. The molecule has 0 radical (unpaired) electrons. The highest BCUT2D eigenvalue weighted by Crippen LogP contribution is 2.12. The normalized spacial score (nSPS) is 13.6. The van der Waals surface area contributed by atoms with Crippen LogP contribution in [0.5, 0.6) is 0 Å². The fourth-order valence-corrected chi connectivity index (χ4v) is 6.40. The van der Waals surface area contributed by atoms with Gasteiger partial charge in [0.05, 0.1) is 34.4 Å². The number of quaternary nitrogens is 1. The Hall–Kier alpha value is -3.23. The minimum Gasteiger partial charge on any atom is -0.477 e. The van der Waals surface area contributed by atoms with Crippen LogP contribution >= 0.6 is 0 Å². The van der Waals surface area contributed by atoms with Crippen LogP contribution in [0.25, 0.3) is 0 Å². The van der Waals surface area contributed by atoms with Crippen LogP contribution in [0.2, 0.25) is 0 Å². The van der Waals surface area contributed by atoms with Crippen LogP contribution in [-0.4, -0.2) is 80.6 Å². The van der Waals surface area contributed by atoms with Gasteiger partial charge >= 0.3 is 17.9 Å². The van der Waals surface area contributed by atoms with E-state index in [1.165, 1.54) is 70.6 Å². The number of allylic oxidation sites excluding steroid dienone is 12. The van der Waals surface area contributed by atoms with Crippen molar-refractivity contribution in [3.8, 4) is 0 Å². The first-order valence-electron chi connectivity index (χ1n) is 23.5. The fourth-order valence-electron chi connectivity index (χ4n) is 6.40. The second-order valence-corrected chi connectivity index (χ2v) is 16.7. The van der Waals surface area contributed by atoms with Crippen LogP contribution in [-0.2, 0) is 28.6 Å². The van der Waals surface area contributed by atoms with Crippen LogP contribution < -0.4 is 0 Å². The van der Waals surface area contributed by atoms with Gasteiger partial charge in [-0.25, -0.2) is 4.79 Å². The summed E-state index contributed by atoms with van der Waals surface area (Å²) in [7, 11) is 5.50. The van der Waals surface area contributed by atoms with Crippen molar-refractivity contribution in [3.05, 3.63) is 72.9 Å². The molecule has 0 fully saturated rings. The molecule has 0 aliphatic carbocycles. The van der Waals surface area contributed by atoms with E-state index in [1.54, 1.807) is 0 Å². The number of carbonyl (C=O) groups excluding carboxylic acids is 2. The van der Waals surface area contributed by atoms with Gasteiger partial charge in [-0.05, 0) is 89.9 Å². The van der Waals surface area contributed by atoms with Crippen molar-refractivity contribution >= 4 is 17.9 Å². The lowest BCUT2D eigenvalue weighted by molar-refractivity contribution is -0.887. The van der Waals surface area contributed by atoms with E-state index in [1.807, 2.05) is 21.1 Å². The highest BCUT2D eigenvalue weighted by atomic mass is 16.6. The molecule has 0 aliphatic rings. The molecule has 338 valence electrons. The number of carbonyl (C=O) groups is 3. The third-order valence-electron chi connectivity index (χ3n) is 10.1. The first-order chi connectivity index (χ1) is 28.6. The molecule has 2 unspecified atom stereocenters. The molecule has 1 N–H and O–H groups in total. The van der Waals surface area contributed by atoms with Gasteiger partial charge in [0, 0.05) is 19.3 Å². The summed E-state index contributed by atoms with van der Waals surface area (Å²) in [6, 6.07) is -0.627. The predicted octanol–water partition coefficient (Wildman–Crippen LogP) is 13.1. The van der Waals surface area contributed by atoms with Crippen molar-refractivity contribution in [2.75, 3.05) is 41.0 Å². The third-order valence-corrected chi connectivity index (χ3v) is 10.1. The summed E-state index contributed by atoms with van der Waals surface area (Å²) in [6.07, 6.45) is 52.3. The van der Waals surface area contributed by atoms with E-state index < -0.39 is 18.1 Å². The van der Waals surface area contributed by atoms with Gasteiger partial charge in [0.15, 0.2) is 12.1 Å². The molecule has 0 amide bonds. The molecule has 0 bridgehead atoms. The second kappa shape index (κ2) is 41.5. The number of unbranched alkanes of at least 4 members (excludes halogenated alkanes) is 15. The van der Waals surface area contributed by atoms with E-state index in [9.17, 15) is 19.5 Å². The molecule has 0 aromatic rings. The Bertz CT molecular complexity index is 1190. The van der Waals surface area contributed by atoms with Crippen molar-refractivity contribution in [1.29, 1.82) is 0 Å². The van der Waals surface area contributed by atoms with Crippen LogP contribution in [0.15, 0.2) is 72.9 Å². The summed E-state index contributed by atoms with van der Waals surface area (Å²) in [5.41, 5.74) is 0. The smallest absolute Gasteiger partial charge is 0.362 e. The Morgan fingerprint density at radius 2 is 0.898 bits per heavy atom. The summed E-state index contributed by atoms with van der Waals surface area (Å²) in [5.74, 6) is -1.55. The molecule has 59 heavy (non-hydrogen) atoms. The van der Waals surface area contributed by atoms with E-state index in [0.717, 1.165) is 70.6 Å². The molecule has 0 spiro atoms. The number of ether oxygens (including phenoxy) is 3. The number of carboxylic acid groups (broad SMARTS) is 1. The van der Waals surface area contributed by atoms with Crippen molar-refractivity contribution in [1.82, 2.24) is 0 Å². The molecule has 0 aromatic heterocycles. The molecular weight excluding hydrogens is 739 g/mol. The zero-order chi connectivity index (χ0) is 43.5. The maximum Gasteiger partial charge on any atom is 0.362 e. The molecule has 8 heteroatoms. The monoisotopic (exact) mass is 827 g/mol. The van der Waals surface area contributed by atoms with Gasteiger partial charge in [-0.2, -0.15) is 0 Å². The minimum atomic E-state index is -0.886. The van der Waals surface area contributed by atoms with Gasteiger partial charge in [0.2, 0.25) is 0 Å². The SMILES string of the molecule is CCCCC/C=C/C/C=C/C/C=C/C/C=C/C/C=C/CCCCC(=O)OCC(COCCC(C(=O)O)[N+](C)(C)C)OC(=O)CCCCC/C=C/CCCCCCCCC. The Balaban J connectivity index is 4.41. The molecule has 8 nitrogen and oxygen atoms in total. The summed E-state index contributed by atoms with van der Waals surface area (Å²) in [6.45, 7) is 4.63. The number of hydrogen-bond donors (Lipinski definition) is 1. The molecule has 0 aromatic carbocycles. The van der Waals surface area contributed by atoms with Gasteiger partial charge in [0.1, 0.15) is 6.61 Å². The summed E-state index contributed by atoms with van der Waals surface area (Å²) >= 11 is 0. The number of aliphatic carboxylic acids is 1. The zero-order valence-electron chi connectivity index (χ0n) is 38.4. The van der Waals surface area contributed by atoms with E-state index >= 15 is 0 Å². The lowest BCUT2D eigenvalue weighted by atomic mass is 10.1. The average Bonchev–Trinajstić information content (AvgIpc) is 3.19. The highest BCUT2D eigenvalue weighted by Gasteiger charge is 2.31. The molecule has 2 atom stereocenters. The fraction of sp³-hybridized carbons (Fsp3) is 0.706. The van der Waals surface area contributed by atoms with Crippen LogP contribution in [0.4, 0.5) is 0 Å². The van der Waals surface area contributed by atoms with E-state index in [4.69, 9.17) is 14.2 Å². The summed E-state index contributed by atoms with van der Waals surface area (Å²) in [5, 5.41) is 9.63. The standard InChI is InChI=1S/C51H87NO7/c1-6-8-10-12-14-16-18-20-22-23-24-25-26-27-28-30-31-33-35-37-39-41-49(53)58-46-47(45-57-44-43-48(51(55)56)52(3,4)5)59-50(54)42-40-38-36-34-32-29-21-19-17-15-13-11-9-7-2/h14,16,20,22,24-25,27-29,31-33,47-48H,6-13,15,17-19,21,23,26,30,34-46H2,1-5H3/p+1/b16-14+,22-20+,25-24+,28-27+,32-29+,33-31+. The molecule has 0 saturated heterocycles. The number of carboxylic acids is 1. The quantitative estimate of drug-likeness (QED) is 0.0284. The first-order valence-corrected chi connectivity index (χ1v) is 23.5. The Kier molecular flexibility index (Phi) is 39.2.